The maximum absolute atomic E-state index is 12.2. The van der Waals surface area contributed by atoms with E-state index >= 15 is 0 Å². The van der Waals surface area contributed by atoms with Crippen LogP contribution in [0.4, 0.5) is 5.69 Å². The molecule has 118 valence electrons. The van der Waals surface area contributed by atoms with E-state index in [4.69, 9.17) is 4.74 Å². The minimum atomic E-state index is -0.334. The Morgan fingerprint density at radius 2 is 2.18 bits per heavy atom. The highest BCUT2D eigenvalue weighted by atomic mass is 35.5. The Bertz CT molecular complexity index is 617. The summed E-state index contributed by atoms with van der Waals surface area (Å²) in [5.74, 6) is -0.102. The molecule has 0 bridgehead atoms. The molecule has 0 aliphatic carbocycles. The summed E-state index contributed by atoms with van der Waals surface area (Å²) in [5.41, 5.74) is 1.62. The number of hydrogen-bond acceptors (Lipinski definition) is 4. The molecule has 2 atom stereocenters. The number of carbonyl (C=O) groups is 1. The zero-order chi connectivity index (χ0) is 14.7. The first kappa shape index (κ1) is 16.5. The Hall–Kier alpha value is -1.89. The highest BCUT2D eigenvalue weighted by Gasteiger charge is 2.28. The third-order valence-electron chi connectivity index (χ3n) is 3.47. The molecule has 6 nitrogen and oxygen atoms in total. The average molecular weight is 323 g/mol. The number of morpholine rings is 1. The third kappa shape index (κ3) is 3.65. The number of carbonyl (C=O) groups excluding carboxylic acids is 1. The second-order valence-electron chi connectivity index (χ2n) is 5.01. The van der Waals surface area contributed by atoms with Crippen LogP contribution in [0.1, 0.15) is 6.92 Å². The predicted molar refractivity (Wildman–Crippen MR) is 86.6 cm³/mol. The van der Waals surface area contributed by atoms with Crippen molar-refractivity contribution >= 4 is 24.0 Å². The average Bonchev–Trinajstić information content (AvgIpc) is 2.97. The maximum Gasteiger partial charge on any atom is 0.244 e. The highest BCUT2D eigenvalue weighted by molar-refractivity contribution is 5.95. The molecule has 1 aromatic heterocycles. The number of amides is 1. The second-order valence-corrected chi connectivity index (χ2v) is 5.01. The molecular weight excluding hydrogens is 304 g/mol. The van der Waals surface area contributed by atoms with Crippen LogP contribution in [0.5, 0.6) is 0 Å². The number of ether oxygens (including phenoxy) is 1. The monoisotopic (exact) mass is 322 g/mol. The van der Waals surface area contributed by atoms with Crippen molar-refractivity contribution in [3.8, 4) is 5.69 Å². The molecule has 0 saturated carbocycles. The molecule has 1 aromatic carbocycles. The summed E-state index contributed by atoms with van der Waals surface area (Å²) < 4.78 is 7.21. The van der Waals surface area contributed by atoms with Crippen LogP contribution >= 0.6 is 12.4 Å². The first-order valence-electron chi connectivity index (χ1n) is 7.00. The van der Waals surface area contributed by atoms with Gasteiger partial charge in [0.2, 0.25) is 5.91 Å². The van der Waals surface area contributed by atoms with Gasteiger partial charge >= 0.3 is 0 Å². The van der Waals surface area contributed by atoms with Crippen molar-refractivity contribution in [2.24, 2.45) is 0 Å². The number of halogens is 1. The summed E-state index contributed by atoms with van der Waals surface area (Å²) in [4.78, 5) is 12.2. The normalized spacial score (nSPS) is 21.0. The lowest BCUT2D eigenvalue weighted by Gasteiger charge is -2.29. The lowest BCUT2D eigenvalue weighted by Crippen LogP contribution is -2.53. The van der Waals surface area contributed by atoms with Gasteiger partial charge in [-0.1, -0.05) is 18.2 Å². The zero-order valence-electron chi connectivity index (χ0n) is 12.2. The molecule has 0 unspecified atom stereocenters. The largest absolute Gasteiger partial charge is 0.375 e. The number of nitrogens with zero attached hydrogens (tertiary/aromatic N) is 2. The van der Waals surface area contributed by atoms with Gasteiger partial charge in [0.1, 0.15) is 6.04 Å². The van der Waals surface area contributed by atoms with Crippen LogP contribution in [0.2, 0.25) is 0 Å². The first-order valence-corrected chi connectivity index (χ1v) is 7.00. The Labute approximate surface area is 135 Å². The van der Waals surface area contributed by atoms with Crippen molar-refractivity contribution in [2.75, 3.05) is 18.5 Å². The van der Waals surface area contributed by atoms with Gasteiger partial charge in [-0.2, -0.15) is 5.10 Å². The van der Waals surface area contributed by atoms with E-state index in [-0.39, 0.29) is 30.5 Å². The number of rotatable bonds is 3. The van der Waals surface area contributed by atoms with Crippen molar-refractivity contribution in [3.63, 3.8) is 0 Å². The van der Waals surface area contributed by atoms with Gasteiger partial charge in [-0.25, -0.2) is 4.68 Å². The molecule has 1 aliphatic heterocycles. The highest BCUT2D eigenvalue weighted by Crippen LogP contribution is 2.13. The van der Waals surface area contributed by atoms with Gasteiger partial charge in [-0.15, -0.1) is 12.4 Å². The number of benzene rings is 1. The van der Waals surface area contributed by atoms with E-state index in [0.717, 1.165) is 5.69 Å². The SMILES string of the molecule is C[C@H]1OCCN[C@@H]1C(=O)Nc1cnn(-c2ccccc2)c1.Cl. The molecule has 1 fully saturated rings. The fourth-order valence-electron chi connectivity index (χ4n) is 2.36. The van der Waals surface area contributed by atoms with Crippen LogP contribution in [0.15, 0.2) is 42.7 Å². The minimum absolute atomic E-state index is 0. The molecule has 2 N–H and O–H groups in total. The van der Waals surface area contributed by atoms with Gasteiger partial charge in [0.25, 0.3) is 0 Å². The summed E-state index contributed by atoms with van der Waals surface area (Å²) in [6, 6.07) is 9.42. The van der Waals surface area contributed by atoms with Gasteiger partial charge < -0.3 is 15.4 Å². The van der Waals surface area contributed by atoms with Crippen LogP contribution < -0.4 is 10.6 Å². The molecule has 3 rings (SSSR count). The zero-order valence-corrected chi connectivity index (χ0v) is 13.0. The van der Waals surface area contributed by atoms with Gasteiger partial charge in [-0.05, 0) is 19.1 Å². The van der Waals surface area contributed by atoms with Gasteiger partial charge in [0.05, 0.1) is 36.5 Å². The molecule has 0 radical (unpaired) electrons. The standard InChI is InChI=1S/C15H18N4O2.ClH/c1-11-14(16-7-8-21-11)15(20)18-12-9-17-19(10-12)13-5-3-2-4-6-13;/h2-6,9-11,14,16H,7-8H2,1H3,(H,18,20);1H/t11-,14+;/m1./s1. The maximum atomic E-state index is 12.2. The molecule has 2 aromatic rings. The van der Waals surface area contributed by atoms with Gasteiger partial charge in [-0.3, -0.25) is 4.79 Å². The third-order valence-corrected chi connectivity index (χ3v) is 3.47. The Morgan fingerprint density at radius 3 is 2.91 bits per heavy atom. The number of nitrogens with one attached hydrogen (secondary N) is 2. The van der Waals surface area contributed by atoms with Crippen LogP contribution in [0.25, 0.3) is 5.69 Å². The number of aromatic nitrogens is 2. The van der Waals surface area contributed by atoms with E-state index in [1.54, 1.807) is 17.1 Å². The summed E-state index contributed by atoms with van der Waals surface area (Å²) in [6.45, 7) is 3.21. The van der Waals surface area contributed by atoms with Crippen molar-refractivity contribution in [1.82, 2.24) is 15.1 Å². The number of hydrogen-bond donors (Lipinski definition) is 2. The van der Waals surface area contributed by atoms with Gasteiger partial charge in [0, 0.05) is 6.54 Å². The summed E-state index contributed by atoms with van der Waals surface area (Å²) in [6.07, 6.45) is 3.30. The molecule has 2 heterocycles. The van der Waals surface area contributed by atoms with Crippen molar-refractivity contribution in [1.29, 1.82) is 0 Å². The summed E-state index contributed by atoms with van der Waals surface area (Å²) in [7, 11) is 0. The Kier molecular flexibility index (Phi) is 5.54. The van der Waals surface area contributed by atoms with Crippen LogP contribution in [0.3, 0.4) is 0 Å². The molecule has 1 saturated heterocycles. The quantitative estimate of drug-likeness (QED) is 0.901. The lowest BCUT2D eigenvalue weighted by atomic mass is 10.1. The molecule has 0 spiro atoms. The molecule has 1 aliphatic rings. The van der Waals surface area contributed by atoms with E-state index in [1.807, 2.05) is 37.3 Å². The molecule has 1 amide bonds. The fraction of sp³-hybridized carbons (Fsp3) is 0.333. The Morgan fingerprint density at radius 1 is 1.41 bits per heavy atom. The first-order chi connectivity index (χ1) is 10.2. The van der Waals surface area contributed by atoms with Crippen molar-refractivity contribution < 1.29 is 9.53 Å². The van der Waals surface area contributed by atoms with Crippen LogP contribution in [-0.2, 0) is 9.53 Å². The van der Waals surface area contributed by atoms with Crippen LogP contribution in [0, 0.1) is 0 Å². The number of anilines is 1. The molecule has 7 heteroatoms. The summed E-state index contributed by atoms with van der Waals surface area (Å²) in [5, 5.41) is 10.3. The topological polar surface area (TPSA) is 68.2 Å². The molecular formula is C15H19ClN4O2. The van der Waals surface area contributed by atoms with Gasteiger partial charge in [0.15, 0.2) is 0 Å². The van der Waals surface area contributed by atoms with E-state index < -0.39 is 0 Å². The van der Waals surface area contributed by atoms with Crippen molar-refractivity contribution in [2.45, 2.75) is 19.1 Å². The smallest absolute Gasteiger partial charge is 0.244 e. The van der Waals surface area contributed by atoms with E-state index in [1.165, 1.54) is 0 Å². The minimum Gasteiger partial charge on any atom is -0.375 e. The lowest BCUT2D eigenvalue weighted by molar-refractivity contribution is -0.123. The van der Waals surface area contributed by atoms with E-state index in [0.29, 0.717) is 18.8 Å². The van der Waals surface area contributed by atoms with Crippen molar-refractivity contribution in [3.05, 3.63) is 42.7 Å². The van der Waals surface area contributed by atoms with Crippen LogP contribution in [-0.4, -0.2) is 41.0 Å². The molecule has 22 heavy (non-hydrogen) atoms. The van der Waals surface area contributed by atoms with E-state index in [2.05, 4.69) is 15.7 Å². The second kappa shape index (κ2) is 7.40. The number of para-hydroxylation sites is 1. The predicted octanol–water partition coefficient (Wildman–Crippen LogP) is 1.61. The van der Waals surface area contributed by atoms with E-state index in [9.17, 15) is 4.79 Å². The fourth-order valence-corrected chi connectivity index (χ4v) is 2.36. The summed E-state index contributed by atoms with van der Waals surface area (Å²) >= 11 is 0. The Balaban J connectivity index is 0.00000176.